The van der Waals surface area contributed by atoms with Gasteiger partial charge in [0.1, 0.15) is 0 Å². The fourth-order valence-electron chi connectivity index (χ4n) is 3.40. The molecule has 1 aliphatic rings. The molecular formula is C19H19F3N2O2S. The van der Waals surface area contributed by atoms with Crippen molar-refractivity contribution in [2.24, 2.45) is 0 Å². The Bertz CT molecular complexity index is 795. The molecule has 0 aliphatic heterocycles. The van der Waals surface area contributed by atoms with E-state index in [0.29, 0.717) is 6.54 Å². The van der Waals surface area contributed by atoms with Gasteiger partial charge in [-0.2, -0.15) is 13.2 Å². The van der Waals surface area contributed by atoms with Crippen LogP contribution in [0.5, 0.6) is 0 Å². The molecule has 2 aromatic rings. The van der Waals surface area contributed by atoms with Crippen molar-refractivity contribution in [3.05, 3.63) is 52.2 Å². The second-order valence-corrected chi connectivity index (χ2v) is 7.62. The van der Waals surface area contributed by atoms with E-state index >= 15 is 0 Å². The zero-order valence-corrected chi connectivity index (χ0v) is 15.3. The Morgan fingerprint density at radius 3 is 2.26 bits per heavy atom. The normalized spacial score (nSPS) is 16.1. The van der Waals surface area contributed by atoms with E-state index in [1.807, 2.05) is 17.5 Å². The first kappa shape index (κ1) is 19.4. The van der Waals surface area contributed by atoms with Gasteiger partial charge in [-0.25, -0.2) is 0 Å². The van der Waals surface area contributed by atoms with Crippen molar-refractivity contribution in [3.8, 4) is 0 Å². The van der Waals surface area contributed by atoms with E-state index in [2.05, 4.69) is 10.6 Å². The molecule has 1 aromatic carbocycles. The summed E-state index contributed by atoms with van der Waals surface area (Å²) in [5.41, 5.74) is -0.820. The molecule has 1 fully saturated rings. The smallest absolute Gasteiger partial charge is 0.347 e. The lowest BCUT2D eigenvalue weighted by atomic mass is 9.84. The van der Waals surface area contributed by atoms with Crippen LogP contribution in [0.2, 0.25) is 0 Å². The first-order valence-corrected chi connectivity index (χ1v) is 9.49. The summed E-state index contributed by atoms with van der Waals surface area (Å²) in [6.45, 7) is 0.368. The molecule has 0 bridgehead atoms. The number of carbonyl (C=O) groups excluding carboxylic acids is 2. The SMILES string of the molecule is O=C(NCC1(c2cccs2)CCCC1)C(=O)Nc1ccc(C(F)(F)F)cc1. The third kappa shape index (κ3) is 4.50. The fourth-order valence-corrected chi connectivity index (χ4v) is 4.39. The highest BCUT2D eigenvalue weighted by Crippen LogP contribution is 2.42. The van der Waals surface area contributed by atoms with Gasteiger partial charge in [-0.1, -0.05) is 18.9 Å². The third-order valence-electron chi connectivity index (χ3n) is 4.87. The largest absolute Gasteiger partial charge is 0.416 e. The number of carbonyl (C=O) groups is 2. The number of alkyl halides is 3. The van der Waals surface area contributed by atoms with Crippen LogP contribution < -0.4 is 10.6 Å². The molecule has 0 atom stereocenters. The van der Waals surface area contributed by atoms with Gasteiger partial charge >= 0.3 is 18.0 Å². The molecule has 2 N–H and O–H groups in total. The number of benzene rings is 1. The summed E-state index contributed by atoms with van der Waals surface area (Å²) in [5.74, 6) is -1.69. The van der Waals surface area contributed by atoms with Crippen molar-refractivity contribution in [2.45, 2.75) is 37.3 Å². The number of nitrogens with one attached hydrogen (secondary N) is 2. The Morgan fingerprint density at radius 2 is 1.70 bits per heavy atom. The maximum atomic E-state index is 12.6. The summed E-state index contributed by atoms with van der Waals surface area (Å²) in [4.78, 5) is 25.4. The van der Waals surface area contributed by atoms with Crippen molar-refractivity contribution in [1.29, 1.82) is 0 Å². The topological polar surface area (TPSA) is 58.2 Å². The summed E-state index contributed by atoms with van der Waals surface area (Å²) >= 11 is 1.64. The summed E-state index contributed by atoms with van der Waals surface area (Å²) in [7, 11) is 0. The number of thiophene rings is 1. The highest BCUT2D eigenvalue weighted by Gasteiger charge is 2.37. The molecule has 8 heteroatoms. The van der Waals surface area contributed by atoms with Crippen molar-refractivity contribution < 1.29 is 22.8 Å². The number of amides is 2. The minimum absolute atomic E-state index is 0.136. The standard InChI is InChI=1S/C19H19F3N2O2S/c20-19(21,22)13-5-7-14(8-6-13)24-17(26)16(25)23-12-18(9-1-2-10-18)15-4-3-11-27-15/h3-8,11H,1-2,9-10,12H2,(H,23,25)(H,24,26). The molecule has 1 aromatic heterocycles. The van der Waals surface area contributed by atoms with Crippen LogP contribution in [0.4, 0.5) is 18.9 Å². The van der Waals surface area contributed by atoms with E-state index in [4.69, 9.17) is 0 Å². The zero-order valence-electron chi connectivity index (χ0n) is 14.4. The van der Waals surface area contributed by atoms with Crippen LogP contribution in [0.3, 0.4) is 0 Å². The Hall–Kier alpha value is -2.35. The van der Waals surface area contributed by atoms with Gasteiger partial charge in [-0.3, -0.25) is 9.59 Å². The monoisotopic (exact) mass is 396 g/mol. The fraction of sp³-hybridized carbons (Fsp3) is 0.368. The quantitative estimate of drug-likeness (QED) is 0.756. The molecule has 4 nitrogen and oxygen atoms in total. The Labute approximate surface area is 158 Å². The summed E-state index contributed by atoms with van der Waals surface area (Å²) in [5, 5.41) is 7.01. The molecular weight excluding hydrogens is 377 g/mol. The van der Waals surface area contributed by atoms with Crippen molar-refractivity contribution in [1.82, 2.24) is 5.32 Å². The van der Waals surface area contributed by atoms with Crippen LogP contribution in [-0.4, -0.2) is 18.4 Å². The lowest BCUT2D eigenvalue weighted by Crippen LogP contribution is -2.43. The first-order valence-electron chi connectivity index (χ1n) is 8.61. The van der Waals surface area contributed by atoms with Crippen LogP contribution >= 0.6 is 11.3 Å². The number of rotatable bonds is 4. The van der Waals surface area contributed by atoms with Gasteiger partial charge in [-0.05, 0) is 48.6 Å². The molecule has 3 rings (SSSR count). The highest BCUT2D eigenvalue weighted by molar-refractivity contribution is 7.10. The summed E-state index contributed by atoms with van der Waals surface area (Å²) in [6, 6.07) is 7.98. The maximum Gasteiger partial charge on any atom is 0.416 e. The van der Waals surface area contributed by atoms with Crippen molar-refractivity contribution in [2.75, 3.05) is 11.9 Å². The molecule has 27 heavy (non-hydrogen) atoms. The van der Waals surface area contributed by atoms with Gasteiger partial charge in [0.05, 0.1) is 5.56 Å². The molecule has 144 valence electrons. The van der Waals surface area contributed by atoms with E-state index < -0.39 is 23.6 Å². The molecule has 1 heterocycles. The predicted molar refractivity (Wildman–Crippen MR) is 97.5 cm³/mol. The Balaban J connectivity index is 1.58. The third-order valence-corrected chi connectivity index (χ3v) is 5.98. The summed E-state index contributed by atoms with van der Waals surface area (Å²) < 4.78 is 37.7. The Kier molecular flexibility index (Phi) is 5.55. The molecule has 0 saturated heterocycles. The second kappa shape index (κ2) is 7.72. The lowest BCUT2D eigenvalue weighted by Gasteiger charge is -2.28. The molecule has 0 unspecified atom stereocenters. The van der Waals surface area contributed by atoms with Crippen LogP contribution in [0, 0.1) is 0 Å². The summed E-state index contributed by atoms with van der Waals surface area (Å²) in [6.07, 6.45) is -0.392. The molecule has 2 amide bonds. The van der Waals surface area contributed by atoms with Gasteiger partial charge in [0.2, 0.25) is 0 Å². The Morgan fingerprint density at radius 1 is 1.04 bits per heavy atom. The average Bonchev–Trinajstić information content (AvgIpc) is 3.31. The van der Waals surface area contributed by atoms with Crippen molar-refractivity contribution in [3.63, 3.8) is 0 Å². The van der Waals surface area contributed by atoms with Gasteiger partial charge in [0.25, 0.3) is 0 Å². The highest BCUT2D eigenvalue weighted by atomic mass is 32.1. The van der Waals surface area contributed by atoms with Crippen LogP contribution in [0.15, 0.2) is 41.8 Å². The first-order chi connectivity index (χ1) is 12.8. The average molecular weight is 396 g/mol. The number of halogens is 3. The number of anilines is 1. The molecule has 0 radical (unpaired) electrons. The van der Waals surface area contributed by atoms with Gasteiger partial charge in [-0.15, -0.1) is 11.3 Å². The van der Waals surface area contributed by atoms with Gasteiger partial charge < -0.3 is 10.6 Å². The van der Waals surface area contributed by atoms with E-state index in [0.717, 1.165) is 49.9 Å². The molecule has 0 spiro atoms. The van der Waals surface area contributed by atoms with Gasteiger partial charge in [0, 0.05) is 22.5 Å². The lowest BCUT2D eigenvalue weighted by molar-refractivity contribution is -0.137. The minimum Gasteiger partial charge on any atom is -0.347 e. The number of hydrogen-bond donors (Lipinski definition) is 2. The van der Waals surface area contributed by atoms with Crippen molar-refractivity contribution >= 4 is 28.8 Å². The van der Waals surface area contributed by atoms with E-state index in [1.165, 1.54) is 4.88 Å². The van der Waals surface area contributed by atoms with E-state index in [9.17, 15) is 22.8 Å². The van der Waals surface area contributed by atoms with E-state index in [-0.39, 0.29) is 11.1 Å². The zero-order chi connectivity index (χ0) is 19.5. The van der Waals surface area contributed by atoms with Gasteiger partial charge in [0.15, 0.2) is 0 Å². The van der Waals surface area contributed by atoms with Crippen LogP contribution in [0.25, 0.3) is 0 Å². The molecule has 1 saturated carbocycles. The van der Waals surface area contributed by atoms with Crippen LogP contribution in [0.1, 0.15) is 36.1 Å². The maximum absolute atomic E-state index is 12.6. The molecule has 1 aliphatic carbocycles. The van der Waals surface area contributed by atoms with E-state index in [1.54, 1.807) is 11.3 Å². The van der Waals surface area contributed by atoms with Crippen LogP contribution in [-0.2, 0) is 21.2 Å². The minimum atomic E-state index is -4.45. The predicted octanol–water partition coefficient (Wildman–Crippen LogP) is 4.33. The number of hydrogen-bond acceptors (Lipinski definition) is 3. The second-order valence-electron chi connectivity index (χ2n) is 6.68.